The van der Waals surface area contributed by atoms with Crippen molar-refractivity contribution in [2.75, 3.05) is 26.2 Å². The third-order valence-electron chi connectivity index (χ3n) is 4.35. The fourth-order valence-electron chi connectivity index (χ4n) is 3.00. The number of carbonyl (C=O) groups excluding carboxylic acids is 1. The van der Waals surface area contributed by atoms with E-state index >= 15 is 0 Å². The first-order chi connectivity index (χ1) is 11.6. The highest BCUT2D eigenvalue weighted by molar-refractivity contribution is 6.30. The van der Waals surface area contributed by atoms with Gasteiger partial charge >= 0.3 is 0 Å². The zero-order chi connectivity index (χ0) is 16.9. The van der Waals surface area contributed by atoms with Crippen molar-refractivity contribution in [3.63, 3.8) is 0 Å². The van der Waals surface area contributed by atoms with E-state index in [1.54, 1.807) is 0 Å². The van der Waals surface area contributed by atoms with Crippen LogP contribution in [0.15, 0.2) is 36.5 Å². The molecule has 0 N–H and O–H groups in total. The first-order valence-corrected chi connectivity index (χ1v) is 8.72. The van der Waals surface area contributed by atoms with Gasteiger partial charge in [-0.15, -0.1) is 0 Å². The van der Waals surface area contributed by atoms with Crippen molar-refractivity contribution >= 4 is 17.5 Å². The number of benzene rings is 1. The summed E-state index contributed by atoms with van der Waals surface area (Å²) in [5, 5.41) is 5.09. The highest BCUT2D eigenvalue weighted by Crippen LogP contribution is 2.14. The van der Waals surface area contributed by atoms with Crippen molar-refractivity contribution in [1.29, 1.82) is 0 Å². The molecule has 1 amide bonds. The van der Waals surface area contributed by atoms with Gasteiger partial charge in [0, 0.05) is 56.9 Å². The second-order valence-electron chi connectivity index (χ2n) is 6.26. The molecule has 3 rings (SSSR count). The molecule has 2 heterocycles. The van der Waals surface area contributed by atoms with E-state index in [1.807, 2.05) is 47.0 Å². The first-order valence-electron chi connectivity index (χ1n) is 8.35. The van der Waals surface area contributed by atoms with Crippen LogP contribution in [0.3, 0.4) is 0 Å². The Morgan fingerprint density at radius 1 is 1.21 bits per heavy atom. The molecule has 1 saturated heterocycles. The second-order valence-corrected chi connectivity index (χ2v) is 6.69. The highest BCUT2D eigenvalue weighted by Gasteiger charge is 2.21. The van der Waals surface area contributed by atoms with Crippen molar-refractivity contribution < 1.29 is 4.79 Å². The number of rotatable bonds is 5. The van der Waals surface area contributed by atoms with Gasteiger partial charge in [-0.1, -0.05) is 23.7 Å². The lowest BCUT2D eigenvalue weighted by Crippen LogP contribution is -2.48. The standard InChI is InChI=1S/C18H23ClN4O/c1-15-5-7-23(20-15)8-6-18(24)22-11-9-21(10-12-22)14-16-3-2-4-17(19)13-16/h2-5,7,13H,6,8-12,14H2,1H3. The van der Waals surface area contributed by atoms with Crippen LogP contribution in [0.2, 0.25) is 5.02 Å². The fourth-order valence-corrected chi connectivity index (χ4v) is 3.22. The second kappa shape index (κ2) is 7.81. The number of aromatic nitrogens is 2. The molecule has 0 aliphatic carbocycles. The van der Waals surface area contributed by atoms with Crippen LogP contribution in [-0.4, -0.2) is 51.7 Å². The zero-order valence-corrected chi connectivity index (χ0v) is 14.7. The van der Waals surface area contributed by atoms with E-state index in [4.69, 9.17) is 11.6 Å². The lowest BCUT2D eigenvalue weighted by molar-refractivity contribution is -0.133. The minimum absolute atomic E-state index is 0.213. The molecule has 24 heavy (non-hydrogen) atoms. The lowest BCUT2D eigenvalue weighted by atomic mass is 10.2. The molecule has 0 radical (unpaired) electrons. The highest BCUT2D eigenvalue weighted by atomic mass is 35.5. The molecule has 5 nitrogen and oxygen atoms in total. The summed E-state index contributed by atoms with van der Waals surface area (Å²) in [5.74, 6) is 0.213. The van der Waals surface area contributed by atoms with Crippen LogP contribution in [0.5, 0.6) is 0 Å². The van der Waals surface area contributed by atoms with Crippen LogP contribution in [-0.2, 0) is 17.9 Å². The molecular weight excluding hydrogens is 324 g/mol. The molecule has 0 saturated carbocycles. The number of amides is 1. The number of nitrogens with zero attached hydrogens (tertiary/aromatic N) is 4. The minimum Gasteiger partial charge on any atom is -0.340 e. The van der Waals surface area contributed by atoms with E-state index in [0.29, 0.717) is 13.0 Å². The summed E-state index contributed by atoms with van der Waals surface area (Å²) < 4.78 is 1.84. The maximum Gasteiger partial charge on any atom is 0.224 e. The van der Waals surface area contributed by atoms with E-state index in [1.165, 1.54) is 5.56 Å². The van der Waals surface area contributed by atoms with Crippen LogP contribution in [0.1, 0.15) is 17.7 Å². The molecule has 1 aliphatic rings. The van der Waals surface area contributed by atoms with Gasteiger partial charge in [-0.25, -0.2) is 0 Å². The maximum atomic E-state index is 12.3. The molecule has 0 unspecified atom stereocenters. The van der Waals surface area contributed by atoms with E-state index < -0.39 is 0 Å². The fraction of sp³-hybridized carbons (Fsp3) is 0.444. The van der Waals surface area contributed by atoms with E-state index in [0.717, 1.165) is 43.4 Å². The maximum absolute atomic E-state index is 12.3. The number of carbonyl (C=O) groups is 1. The van der Waals surface area contributed by atoms with Crippen LogP contribution >= 0.6 is 11.6 Å². The van der Waals surface area contributed by atoms with Gasteiger partial charge in [0.2, 0.25) is 5.91 Å². The Bertz CT molecular complexity index is 692. The zero-order valence-electron chi connectivity index (χ0n) is 14.0. The molecule has 0 spiro atoms. The van der Waals surface area contributed by atoms with Gasteiger partial charge < -0.3 is 4.90 Å². The van der Waals surface area contributed by atoms with E-state index in [9.17, 15) is 4.79 Å². The molecule has 1 aromatic carbocycles. The normalized spacial score (nSPS) is 15.7. The van der Waals surface area contributed by atoms with Crippen LogP contribution in [0.4, 0.5) is 0 Å². The molecule has 1 fully saturated rings. The van der Waals surface area contributed by atoms with Crippen molar-refractivity contribution in [3.05, 3.63) is 52.8 Å². The summed E-state index contributed by atoms with van der Waals surface area (Å²) in [6.07, 6.45) is 2.43. The van der Waals surface area contributed by atoms with Gasteiger partial charge in [0.15, 0.2) is 0 Å². The predicted octanol–water partition coefficient (Wildman–Crippen LogP) is 2.58. The largest absolute Gasteiger partial charge is 0.340 e. The Hall–Kier alpha value is -1.85. The van der Waals surface area contributed by atoms with Gasteiger partial charge in [0.05, 0.1) is 5.69 Å². The number of hydrogen-bond acceptors (Lipinski definition) is 3. The molecule has 2 aromatic rings. The van der Waals surface area contributed by atoms with Crippen molar-refractivity contribution in [1.82, 2.24) is 19.6 Å². The van der Waals surface area contributed by atoms with Crippen molar-refractivity contribution in [2.24, 2.45) is 0 Å². The van der Waals surface area contributed by atoms with E-state index in [2.05, 4.69) is 16.1 Å². The Balaban J connectivity index is 1.43. The average Bonchev–Trinajstić information content (AvgIpc) is 2.99. The van der Waals surface area contributed by atoms with Crippen LogP contribution < -0.4 is 0 Å². The monoisotopic (exact) mass is 346 g/mol. The van der Waals surface area contributed by atoms with Gasteiger partial charge in [-0.05, 0) is 30.7 Å². The lowest BCUT2D eigenvalue weighted by Gasteiger charge is -2.34. The van der Waals surface area contributed by atoms with Gasteiger partial charge in [-0.3, -0.25) is 14.4 Å². The minimum atomic E-state index is 0.213. The smallest absolute Gasteiger partial charge is 0.224 e. The molecule has 0 atom stereocenters. The summed E-state index contributed by atoms with van der Waals surface area (Å²) in [6.45, 7) is 6.87. The van der Waals surface area contributed by atoms with Gasteiger partial charge in [0.25, 0.3) is 0 Å². The summed E-state index contributed by atoms with van der Waals surface area (Å²) in [5.41, 5.74) is 2.20. The molecule has 128 valence electrons. The third kappa shape index (κ3) is 4.58. The Labute approximate surface area is 147 Å². The molecule has 6 heteroatoms. The van der Waals surface area contributed by atoms with Gasteiger partial charge in [0.1, 0.15) is 0 Å². The van der Waals surface area contributed by atoms with Crippen LogP contribution in [0.25, 0.3) is 0 Å². The molecule has 1 aromatic heterocycles. The summed E-state index contributed by atoms with van der Waals surface area (Å²) in [7, 11) is 0. The van der Waals surface area contributed by atoms with Crippen molar-refractivity contribution in [2.45, 2.75) is 26.4 Å². The number of halogens is 1. The average molecular weight is 347 g/mol. The van der Waals surface area contributed by atoms with Crippen molar-refractivity contribution in [3.8, 4) is 0 Å². The predicted molar refractivity (Wildman–Crippen MR) is 94.9 cm³/mol. The Kier molecular flexibility index (Phi) is 5.53. The Morgan fingerprint density at radius 2 is 2.00 bits per heavy atom. The molecular formula is C18H23ClN4O. The SMILES string of the molecule is Cc1ccn(CCC(=O)N2CCN(Cc3cccc(Cl)c3)CC2)n1. The summed E-state index contributed by atoms with van der Waals surface area (Å²) >= 11 is 6.04. The van der Waals surface area contributed by atoms with E-state index in [-0.39, 0.29) is 5.91 Å². The third-order valence-corrected chi connectivity index (χ3v) is 4.58. The van der Waals surface area contributed by atoms with Crippen LogP contribution in [0, 0.1) is 6.92 Å². The molecule has 0 bridgehead atoms. The number of piperazine rings is 1. The quantitative estimate of drug-likeness (QED) is 0.835. The van der Waals surface area contributed by atoms with Gasteiger partial charge in [-0.2, -0.15) is 5.10 Å². The number of hydrogen-bond donors (Lipinski definition) is 0. The first kappa shape index (κ1) is 17.0. The Morgan fingerprint density at radius 3 is 2.67 bits per heavy atom. The number of aryl methyl sites for hydroxylation is 2. The summed E-state index contributed by atoms with van der Waals surface area (Å²) in [4.78, 5) is 16.7. The molecule has 1 aliphatic heterocycles. The topological polar surface area (TPSA) is 41.4 Å². The summed E-state index contributed by atoms with van der Waals surface area (Å²) in [6, 6.07) is 9.93.